The van der Waals surface area contributed by atoms with E-state index < -0.39 is 16.5 Å². The zero-order chi connectivity index (χ0) is 14.6. The Balaban J connectivity index is 2.98. The number of thioether (sulfide) groups is 1. The van der Waals surface area contributed by atoms with Crippen LogP contribution in [-0.4, -0.2) is 22.7 Å². The van der Waals surface area contributed by atoms with Crippen molar-refractivity contribution in [3.8, 4) is 0 Å². The van der Waals surface area contributed by atoms with Gasteiger partial charge in [-0.1, -0.05) is 0 Å². The smallest absolute Gasteiger partial charge is 0.311 e. The van der Waals surface area contributed by atoms with Crippen molar-refractivity contribution in [1.82, 2.24) is 0 Å². The van der Waals surface area contributed by atoms with Gasteiger partial charge in [0.15, 0.2) is 0 Å². The summed E-state index contributed by atoms with van der Waals surface area (Å²) in [5.41, 5.74) is -0.266. The largest absolute Gasteiger partial charge is 0.460 e. The molecule has 104 valence electrons. The number of esters is 1. The molecule has 0 bridgehead atoms. The minimum atomic E-state index is -0.594. The summed E-state index contributed by atoms with van der Waals surface area (Å²) in [5.74, 6) is -0.464. The van der Waals surface area contributed by atoms with Gasteiger partial charge in [0, 0.05) is 16.5 Å². The van der Waals surface area contributed by atoms with E-state index in [-0.39, 0.29) is 12.1 Å². The molecule has 1 aromatic rings. The average molecular weight is 283 g/mol. The Morgan fingerprint density at radius 3 is 2.53 bits per heavy atom. The quantitative estimate of drug-likeness (QED) is 0.367. The van der Waals surface area contributed by atoms with Crippen molar-refractivity contribution < 1.29 is 14.5 Å². The molecule has 0 aliphatic rings. The number of nitro groups is 1. The summed E-state index contributed by atoms with van der Waals surface area (Å²) in [4.78, 5) is 23.1. The third-order valence-corrected chi connectivity index (χ3v) is 2.96. The molecular weight excluding hydrogens is 266 g/mol. The number of nitrogens with zero attached hydrogens (tertiary/aromatic N) is 1. The van der Waals surface area contributed by atoms with E-state index in [0.29, 0.717) is 5.56 Å². The molecule has 0 N–H and O–H groups in total. The van der Waals surface area contributed by atoms with Gasteiger partial charge in [-0.15, -0.1) is 11.8 Å². The van der Waals surface area contributed by atoms with Crippen LogP contribution in [0.5, 0.6) is 0 Å². The van der Waals surface area contributed by atoms with Crippen molar-refractivity contribution in [2.24, 2.45) is 0 Å². The monoisotopic (exact) mass is 283 g/mol. The highest BCUT2D eigenvalue weighted by atomic mass is 32.2. The van der Waals surface area contributed by atoms with Crippen molar-refractivity contribution in [3.63, 3.8) is 0 Å². The Hall–Kier alpha value is -1.56. The Bertz CT molecular complexity index is 494. The van der Waals surface area contributed by atoms with Gasteiger partial charge in [-0.3, -0.25) is 14.9 Å². The molecule has 0 saturated heterocycles. The van der Waals surface area contributed by atoms with Crippen molar-refractivity contribution in [2.45, 2.75) is 37.7 Å². The molecule has 0 aromatic heterocycles. The molecule has 0 aliphatic carbocycles. The summed E-state index contributed by atoms with van der Waals surface area (Å²) in [6, 6.07) is 4.75. The molecule has 5 nitrogen and oxygen atoms in total. The van der Waals surface area contributed by atoms with Crippen molar-refractivity contribution in [2.75, 3.05) is 6.26 Å². The molecular formula is C13H17NO4S. The Kier molecular flexibility index (Phi) is 4.94. The van der Waals surface area contributed by atoms with Crippen LogP contribution in [-0.2, 0) is 16.0 Å². The fourth-order valence-corrected chi connectivity index (χ4v) is 2.01. The third kappa shape index (κ3) is 4.90. The number of hydrogen-bond donors (Lipinski definition) is 0. The summed E-state index contributed by atoms with van der Waals surface area (Å²) in [6.45, 7) is 5.28. The molecule has 0 atom stereocenters. The van der Waals surface area contributed by atoms with E-state index >= 15 is 0 Å². The molecule has 0 saturated carbocycles. The van der Waals surface area contributed by atoms with Crippen LogP contribution < -0.4 is 0 Å². The highest BCUT2D eigenvalue weighted by Gasteiger charge is 2.21. The van der Waals surface area contributed by atoms with Gasteiger partial charge in [0.1, 0.15) is 5.60 Å². The van der Waals surface area contributed by atoms with E-state index in [2.05, 4.69) is 0 Å². The molecule has 0 aliphatic heterocycles. The first-order valence-corrected chi connectivity index (χ1v) is 6.98. The lowest BCUT2D eigenvalue weighted by Crippen LogP contribution is -2.25. The highest BCUT2D eigenvalue weighted by Crippen LogP contribution is 2.25. The van der Waals surface area contributed by atoms with Gasteiger partial charge in [-0.2, -0.15) is 0 Å². The molecule has 1 aromatic carbocycles. The zero-order valence-corrected chi connectivity index (χ0v) is 12.2. The molecule has 0 radical (unpaired) electrons. The van der Waals surface area contributed by atoms with Gasteiger partial charge in [-0.25, -0.2) is 0 Å². The first kappa shape index (κ1) is 15.5. The predicted molar refractivity (Wildman–Crippen MR) is 74.4 cm³/mol. The molecule has 1 rings (SSSR count). The van der Waals surface area contributed by atoms with Crippen LogP contribution in [0.2, 0.25) is 0 Å². The van der Waals surface area contributed by atoms with Crippen molar-refractivity contribution in [3.05, 3.63) is 33.9 Å². The van der Waals surface area contributed by atoms with Crippen LogP contribution in [0.3, 0.4) is 0 Å². The van der Waals surface area contributed by atoms with Gasteiger partial charge >= 0.3 is 5.97 Å². The van der Waals surface area contributed by atoms with Gasteiger partial charge in [0.2, 0.25) is 0 Å². The standard InChI is InChI=1S/C13H17NO4S/c1-13(2,3)18-12(15)8-9-7-10(19-4)5-6-11(9)14(16)17/h5-7H,8H2,1-4H3. The summed E-state index contributed by atoms with van der Waals surface area (Å²) in [6.07, 6.45) is 1.78. The van der Waals surface area contributed by atoms with E-state index in [1.807, 2.05) is 6.26 Å². The molecule has 0 unspecified atom stereocenters. The number of hydrogen-bond acceptors (Lipinski definition) is 5. The fourth-order valence-electron chi connectivity index (χ4n) is 1.54. The molecule has 0 heterocycles. The maximum atomic E-state index is 11.8. The van der Waals surface area contributed by atoms with Crippen molar-refractivity contribution in [1.29, 1.82) is 0 Å². The average Bonchev–Trinajstić information content (AvgIpc) is 2.25. The summed E-state index contributed by atoms with van der Waals surface area (Å²) < 4.78 is 5.18. The van der Waals surface area contributed by atoms with Crippen LogP contribution in [0.15, 0.2) is 23.1 Å². The lowest BCUT2D eigenvalue weighted by atomic mass is 10.1. The van der Waals surface area contributed by atoms with Crippen molar-refractivity contribution >= 4 is 23.4 Å². The third-order valence-electron chi connectivity index (χ3n) is 2.24. The van der Waals surface area contributed by atoms with Gasteiger partial charge in [0.05, 0.1) is 11.3 Å². The van der Waals surface area contributed by atoms with Gasteiger partial charge < -0.3 is 4.74 Å². The topological polar surface area (TPSA) is 69.4 Å². The number of ether oxygens (including phenoxy) is 1. The molecule has 0 spiro atoms. The highest BCUT2D eigenvalue weighted by molar-refractivity contribution is 7.98. The first-order chi connectivity index (χ1) is 8.73. The minimum absolute atomic E-state index is 0.0522. The summed E-state index contributed by atoms with van der Waals surface area (Å²) in [7, 11) is 0. The minimum Gasteiger partial charge on any atom is -0.460 e. The number of carbonyl (C=O) groups is 1. The predicted octanol–water partition coefficient (Wildman–Crippen LogP) is 3.20. The fraction of sp³-hybridized carbons (Fsp3) is 0.462. The van der Waals surface area contributed by atoms with E-state index in [9.17, 15) is 14.9 Å². The van der Waals surface area contributed by atoms with E-state index in [0.717, 1.165) is 4.90 Å². The normalized spacial score (nSPS) is 11.2. The summed E-state index contributed by atoms with van der Waals surface area (Å²) in [5, 5.41) is 10.9. The zero-order valence-electron chi connectivity index (χ0n) is 11.4. The van der Waals surface area contributed by atoms with Gasteiger partial charge in [-0.05, 0) is 39.2 Å². The number of benzene rings is 1. The van der Waals surface area contributed by atoms with Crippen LogP contribution in [0.4, 0.5) is 5.69 Å². The van der Waals surface area contributed by atoms with Crippen LogP contribution in [0, 0.1) is 10.1 Å². The number of carbonyl (C=O) groups excluding carboxylic acids is 1. The Morgan fingerprint density at radius 2 is 2.05 bits per heavy atom. The van der Waals surface area contributed by atoms with Crippen LogP contribution in [0.1, 0.15) is 26.3 Å². The number of rotatable bonds is 4. The Labute approximate surface area is 116 Å². The second-order valence-electron chi connectivity index (χ2n) is 5.01. The summed E-state index contributed by atoms with van der Waals surface area (Å²) >= 11 is 1.47. The lowest BCUT2D eigenvalue weighted by molar-refractivity contribution is -0.385. The maximum absolute atomic E-state index is 11.8. The Morgan fingerprint density at radius 1 is 1.42 bits per heavy atom. The SMILES string of the molecule is CSc1ccc([N+](=O)[O-])c(CC(=O)OC(C)(C)C)c1. The van der Waals surface area contributed by atoms with E-state index in [4.69, 9.17) is 4.74 Å². The van der Waals surface area contributed by atoms with E-state index in [1.54, 1.807) is 32.9 Å². The second-order valence-corrected chi connectivity index (χ2v) is 5.89. The van der Waals surface area contributed by atoms with Crippen LogP contribution in [0.25, 0.3) is 0 Å². The molecule has 19 heavy (non-hydrogen) atoms. The second kappa shape index (κ2) is 6.06. The molecule has 0 amide bonds. The molecule has 6 heteroatoms. The number of nitro benzene ring substituents is 1. The lowest BCUT2D eigenvalue weighted by Gasteiger charge is -2.19. The molecule has 0 fully saturated rings. The van der Waals surface area contributed by atoms with E-state index in [1.165, 1.54) is 17.8 Å². The first-order valence-electron chi connectivity index (χ1n) is 5.76. The van der Waals surface area contributed by atoms with Gasteiger partial charge in [0.25, 0.3) is 5.69 Å². The van der Waals surface area contributed by atoms with Crippen LogP contribution >= 0.6 is 11.8 Å². The maximum Gasteiger partial charge on any atom is 0.311 e.